The Labute approximate surface area is 134 Å². The van der Waals surface area contributed by atoms with Gasteiger partial charge in [0.2, 0.25) is 18.5 Å². The van der Waals surface area contributed by atoms with Crippen molar-refractivity contribution in [3.05, 3.63) is 0 Å². The topological polar surface area (TPSA) is 88.4 Å². The van der Waals surface area contributed by atoms with E-state index in [0.717, 1.165) is 0 Å². The van der Waals surface area contributed by atoms with Gasteiger partial charge in [0.1, 0.15) is 0 Å². The lowest BCUT2D eigenvalue weighted by molar-refractivity contribution is -0.311. The summed E-state index contributed by atoms with van der Waals surface area (Å²) in [6.45, 7) is -5.88. The molecular formula is C9H12BF9O6. The van der Waals surface area contributed by atoms with Crippen LogP contribution in [0.2, 0.25) is 0 Å². The molecule has 25 heavy (non-hydrogen) atoms. The lowest BCUT2D eigenvalue weighted by Crippen LogP contribution is -2.52. The van der Waals surface area contributed by atoms with Gasteiger partial charge in [0.15, 0.2) is 0 Å². The number of hydrogen-bond donors (Lipinski definition) is 3. The third kappa shape index (κ3) is 7.14. The van der Waals surface area contributed by atoms with Gasteiger partial charge in [-0.15, -0.1) is 0 Å². The van der Waals surface area contributed by atoms with Gasteiger partial charge < -0.3 is 29.3 Å². The summed E-state index contributed by atoms with van der Waals surface area (Å²) in [5.41, 5.74) is 0. The Morgan fingerprint density at radius 2 is 0.800 bits per heavy atom. The molecule has 0 fully saturated rings. The van der Waals surface area contributed by atoms with E-state index in [9.17, 15) is 39.5 Å². The lowest BCUT2D eigenvalue weighted by atomic mass is 10.2. The Kier molecular flexibility index (Phi) is 8.93. The molecule has 0 spiro atoms. The van der Waals surface area contributed by atoms with Crippen LogP contribution < -0.4 is 0 Å². The van der Waals surface area contributed by atoms with E-state index < -0.39 is 64.0 Å². The molecule has 0 aliphatic heterocycles. The maximum Gasteiger partial charge on any atom is 0.652 e. The van der Waals surface area contributed by atoms with Gasteiger partial charge in [0, 0.05) is 0 Å². The zero-order valence-corrected chi connectivity index (χ0v) is 11.9. The summed E-state index contributed by atoms with van der Waals surface area (Å²) in [6.07, 6.45) is -26.7. The molecule has 0 bridgehead atoms. The largest absolute Gasteiger partial charge is 0.652 e. The highest BCUT2D eigenvalue weighted by atomic mass is 19.3. The molecular weight excluding hydrogens is 386 g/mol. The minimum absolute atomic E-state index is 1.96. The van der Waals surface area contributed by atoms with Crippen LogP contribution in [0.25, 0.3) is 0 Å². The van der Waals surface area contributed by atoms with Gasteiger partial charge in [0.05, 0.1) is 19.8 Å². The number of alkyl halides is 9. The normalized spacial score (nSPS) is 17.3. The van der Waals surface area contributed by atoms with E-state index in [-0.39, 0.29) is 0 Å². The maximum absolute atomic E-state index is 13.1. The van der Waals surface area contributed by atoms with Crippen molar-refractivity contribution in [1.29, 1.82) is 0 Å². The van der Waals surface area contributed by atoms with Gasteiger partial charge in [0.25, 0.3) is 0 Å². The predicted molar refractivity (Wildman–Crippen MR) is 59.8 cm³/mol. The van der Waals surface area contributed by atoms with Crippen LogP contribution >= 0.6 is 0 Å². The molecule has 3 unspecified atom stereocenters. The first-order valence-corrected chi connectivity index (χ1v) is 6.15. The third-order valence-electron chi connectivity index (χ3n) is 2.33. The van der Waals surface area contributed by atoms with Crippen LogP contribution in [0, 0.1) is 0 Å². The summed E-state index contributed by atoms with van der Waals surface area (Å²) in [6, 6.07) is 0. The first-order chi connectivity index (χ1) is 11.2. The number of aliphatic hydroxyl groups is 3. The van der Waals surface area contributed by atoms with Crippen LogP contribution in [0.3, 0.4) is 0 Å². The van der Waals surface area contributed by atoms with Gasteiger partial charge in [-0.05, 0) is 0 Å². The fourth-order valence-electron chi connectivity index (χ4n) is 0.997. The van der Waals surface area contributed by atoms with Crippen molar-refractivity contribution >= 4 is 7.32 Å². The Morgan fingerprint density at radius 3 is 0.960 bits per heavy atom. The molecule has 0 saturated carbocycles. The average Bonchev–Trinajstić information content (AvgIpc) is 2.50. The predicted octanol–water partition coefficient (Wildman–Crippen LogP) is 0.791. The van der Waals surface area contributed by atoms with Crippen molar-refractivity contribution in [2.75, 3.05) is 19.8 Å². The molecule has 150 valence electrons. The Morgan fingerprint density at radius 1 is 0.600 bits per heavy atom. The van der Waals surface area contributed by atoms with Crippen molar-refractivity contribution in [2.45, 2.75) is 36.8 Å². The highest BCUT2D eigenvalue weighted by molar-refractivity contribution is 6.36. The van der Waals surface area contributed by atoms with Gasteiger partial charge in [-0.2, -0.15) is 26.3 Å². The molecule has 0 radical (unpaired) electrons. The zero-order valence-electron chi connectivity index (χ0n) is 11.9. The lowest BCUT2D eigenvalue weighted by Gasteiger charge is -2.29. The highest BCUT2D eigenvalue weighted by Gasteiger charge is 2.56. The van der Waals surface area contributed by atoms with Crippen LogP contribution in [-0.4, -0.2) is 79.3 Å². The van der Waals surface area contributed by atoms with Crippen molar-refractivity contribution in [1.82, 2.24) is 0 Å². The highest BCUT2D eigenvalue weighted by Crippen LogP contribution is 2.33. The van der Waals surface area contributed by atoms with E-state index in [0.29, 0.717) is 0 Å². The van der Waals surface area contributed by atoms with Crippen LogP contribution in [0.1, 0.15) is 0 Å². The van der Waals surface area contributed by atoms with Crippen molar-refractivity contribution < 1.29 is 68.8 Å². The van der Waals surface area contributed by atoms with E-state index >= 15 is 0 Å². The van der Waals surface area contributed by atoms with Gasteiger partial charge in [-0.1, -0.05) is 0 Å². The van der Waals surface area contributed by atoms with Gasteiger partial charge in [-0.3, -0.25) is 0 Å². The molecule has 0 amide bonds. The second-order valence-corrected chi connectivity index (χ2v) is 4.28. The van der Waals surface area contributed by atoms with Gasteiger partial charge >= 0.3 is 25.6 Å². The monoisotopic (exact) mass is 398 g/mol. The van der Waals surface area contributed by atoms with Gasteiger partial charge in [-0.25, -0.2) is 13.2 Å². The summed E-state index contributed by atoms with van der Waals surface area (Å²) in [5, 5.41) is 24.6. The smallest absolute Gasteiger partial charge is 0.393 e. The number of rotatable bonds is 12. The minimum Gasteiger partial charge on any atom is -0.393 e. The molecule has 0 aromatic heterocycles. The van der Waals surface area contributed by atoms with Crippen molar-refractivity contribution in [3.8, 4) is 0 Å². The summed E-state index contributed by atoms with van der Waals surface area (Å²) in [5.74, 6) is 0. The second-order valence-electron chi connectivity index (χ2n) is 4.28. The average molecular weight is 398 g/mol. The van der Waals surface area contributed by atoms with Crippen molar-refractivity contribution in [3.63, 3.8) is 0 Å². The van der Waals surface area contributed by atoms with Crippen LogP contribution in [0.5, 0.6) is 0 Å². The van der Waals surface area contributed by atoms with Crippen LogP contribution in [0.15, 0.2) is 0 Å². The Balaban J connectivity index is 5.45. The number of aliphatic hydroxyl groups excluding tert-OH is 3. The van der Waals surface area contributed by atoms with E-state index in [2.05, 4.69) is 14.0 Å². The first kappa shape index (κ1) is 24.2. The molecule has 16 heteroatoms. The standard InChI is InChI=1S/C9H12BF9O6/c11-4(1-20)7(14,15)23-10(24-8(16,17)5(12)2-21)25-9(18,19)6(13)3-22/h4-6,20-22H,1-3H2. The van der Waals surface area contributed by atoms with Crippen LogP contribution in [-0.2, 0) is 14.0 Å². The molecule has 3 atom stereocenters. The zero-order chi connectivity index (χ0) is 20.1. The van der Waals surface area contributed by atoms with Crippen LogP contribution in [0.4, 0.5) is 39.5 Å². The summed E-state index contributed by atoms with van der Waals surface area (Å²) in [7, 11) is -3.97. The van der Waals surface area contributed by atoms with E-state index in [4.69, 9.17) is 15.3 Å². The molecule has 0 aliphatic carbocycles. The van der Waals surface area contributed by atoms with E-state index in [1.54, 1.807) is 0 Å². The molecule has 0 aromatic carbocycles. The quantitative estimate of drug-likeness (QED) is 0.333. The Bertz CT molecular complexity index is 347. The fraction of sp³-hybridized carbons (Fsp3) is 1.00. The maximum atomic E-state index is 13.1. The molecule has 6 nitrogen and oxygen atoms in total. The summed E-state index contributed by atoms with van der Waals surface area (Å²) >= 11 is 0. The molecule has 0 heterocycles. The molecule has 0 saturated heterocycles. The number of hydrogen-bond acceptors (Lipinski definition) is 6. The minimum atomic E-state index is -5.26. The summed E-state index contributed by atoms with van der Waals surface area (Å²) < 4.78 is 126. The SMILES string of the molecule is OCC(F)C(F)(F)OB(OC(F)(F)C(F)CO)OC(F)(F)C(F)CO. The fourth-order valence-corrected chi connectivity index (χ4v) is 0.997. The summed E-state index contributed by atoms with van der Waals surface area (Å²) in [4.78, 5) is 0. The van der Waals surface area contributed by atoms with E-state index in [1.807, 2.05) is 0 Å². The number of halogens is 9. The molecule has 3 N–H and O–H groups in total. The van der Waals surface area contributed by atoms with Crippen molar-refractivity contribution in [2.24, 2.45) is 0 Å². The third-order valence-corrected chi connectivity index (χ3v) is 2.33. The second kappa shape index (κ2) is 9.22. The Hall–Kier alpha value is -0.805. The molecule has 0 rings (SSSR count). The van der Waals surface area contributed by atoms with E-state index in [1.165, 1.54) is 0 Å². The molecule has 0 aliphatic rings. The first-order valence-electron chi connectivity index (χ1n) is 6.15. The molecule has 0 aromatic rings.